The van der Waals surface area contributed by atoms with Crippen LogP contribution in [0.4, 0.5) is 0 Å². The van der Waals surface area contributed by atoms with Gasteiger partial charge >= 0.3 is 5.97 Å². The molecule has 128 valence electrons. The molecular weight excluding hydrogens is 363 g/mol. The van der Waals surface area contributed by atoms with Crippen LogP contribution in [0.2, 0.25) is 10.0 Å². The van der Waals surface area contributed by atoms with Crippen LogP contribution in [0.3, 0.4) is 0 Å². The van der Waals surface area contributed by atoms with Crippen LogP contribution in [0, 0.1) is 0 Å². The average molecular weight is 377 g/mol. The van der Waals surface area contributed by atoms with Gasteiger partial charge in [0.05, 0.1) is 33.6 Å². The summed E-state index contributed by atoms with van der Waals surface area (Å²) in [5, 5.41) is 5.21. The maximum Gasteiger partial charge on any atom is 0.344 e. The molecule has 3 aromatic rings. The summed E-state index contributed by atoms with van der Waals surface area (Å²) in [4.78, 5) is 12.3. The number of carbonyl (C=O) groups excluding carboxylic acids is 1. The molecule has 1 aromatic heterocycles. The second kappa shape index (κ2) is 7.70. The van der Waals surface area contributed by atoms with E-state index in [1.165, 1.54) is 4.68 Å². The van der Waals surface area contributed by atoms with Crippen molar-refractivity contribution in [1.82, 2.24) is 9.78 Å². The van der Waals surface area contributed by atoms with Gasteiger partial charge in [0.1, 0.15) is 0 Å². The Hall–Kier alpha value is -2.34. The molecule has 0 atom stereocenters. The highest BCUT2D eigenvalue weighted by molar-refractivity contribution is 6.42. The van der Waals surface area contributed by atoms with E-state index in [0.717, 1.165) is 0 Å². The Morgan fingerprint density at radius 3 is 2.52 bits per heavy atom. The second-order valence-electron chi connectivity index (χ2n) is 5.17. The number of ether oxygens (including phenoxy) is 2. The smallest absolute Gasteiger partial charge is 0.344 e. The maximum atomic E-state index is 12.3. The average Bonchev–Trinajstić information content (AvgIpc) is 3.01. The van der Waals surface area contributed by atoms with Gasteiger partial charge in [-0.25, -0.2) is 9.48 Å². The predicted molar refractivity (Wildman–Crippen MR) is 95.7 cm³/mol. The summed E-state index contributed by atoms with van der Waals surface area (Å²) in [6, 6.07) is 15.4. The van der Waals surface area contributed by atoms with Crippen LogP contribution in [-0.4, -0.2) is 22.9 Å². The highest BCUT2D eigenvalue weighted by Gasteiger charge is 2.16. The quantitative estimate of drug-likeness (QED) is 0.613. The monoisotopic (exact) mass is 376 g/mol. The summed E-state index contributed by atoms with van der Waals surface area (Å²) in [5.74, 6) is -0.218. The summed E-state index contributed by atoms with van der Waals surface area (Å²) in [7, 11) is 1.56. The van der Waals surface area contributed by atoms with Crippen molar-refractivity contribution in [3.05, 3.63) is 75.9 Å². The van der Waals surface area contributed by atoms with Crippen molar-refractivity contribution in [2.24, 2.45) is 0 Å². The molecule has 0 N–H and O–H groups in total. The van der Waals surface area contributed by atoms with Gasteiger partial charge < -0.3 is 9.47 Å². The minimum atomic E-state index is -0.481. The van der Waals surface area contributed by atoms with Crippen molar-refractivity contribution in [3.63, 3.8) is 0 Å². The molecule has 0 aliphatic carbocycles. The van der Waals surface area contributed by atoms with Gasteiger partial charge in [0.25, 0.3) is 0 Å². The van der Waals surface area contributed by atoms with Gasteiger partial charge in [-0.2, -0.15) is 5.10 Å². The maximum absolute atomic E-state index is 12.3. The first-order valence-electron chi connectivity index (χ1n) is 7.39. The largest absolute Gasteiger partial charge is 0.404 e. The highest BCUT2D eigenvalue weighted by atomic mass is 35.5. The number of methoxy groups -OCH3 is 1. The Balaban J connectivity index is 1.97. The molecule has 0 radical (unpaired) electrons. The second-order valence-corrected chi connectivity index (χ2v) is 5.99. The fraction of sp³-hybridized carbons (Fsp3) is 0.111. The fourth-order valence-electron chi connectivity index (χ4n) is 2.23. The molecule has 0 spiro atoms. The molecule has 7 heteroatoms. The van der Waals surface area contributed by atoms with E-state index in [4.69, 9.17) is 32.7 Å². The molecule has 0 saturated heterocycles. The Bertz CT molecular complexity index is 895. The lowest BCUT2D eigenvalue weighted by Crippen LogP contribution is -2.11. The number of aromatic nitrogens is 2. The number of carbonyl (C=O) groups is 1. The highest BCUT2D eigenvalue weighted by Crippen LogP contribution is 2.27. The van der Waals surface area contributed by atoms with Gasteiger partial charge in [0, 0.05) is 13.2 Å². The fourth-order valence-corrected chi connectivity index (χ4v) is 2.52. The van der Waals surface area contributed by atoms with Crippen molar-refractivity contribution in [2.75, 3.05) is 7.11 Å². The standard InChI is InChI=1S/C18H14Cl2N2O3/c1-24-11-13-9-17(25-18(23)12-5-3-2-4-6-12)22(21-13)14-7-8-15(19)16(20)10-14/h2-10H,11H2,1H3. The molecule has 1 heterocycles. The zero-order chi connectivity index (χ0) is 17.8. The van der Waals surface area contributed by atoms with E-state index < -0.39 is 5.97 Å². The Labute approximate surface area is 154 Å². The number of halogens is 2. The minimum Gasteiger partial charge on any atom is -0.404 e. The SMILES string of the molecule is COCc1cc(OC(=O)c2ccccc2)n(-c2ccc(Cl)c(Cl)c2)n1. The molecule has 0 fully saturated rings. The van der Waals surface area contributed by atoms with E-state index in [2.05, 4.69) is 5.10 Å². The van der Waals surface area contributed by atoms with E-state index in [9.17, 15) is 4.79 Å². The van der Waals surface area contributed by atoms with Crippen molar-refractivity contribution in [3.8, 4) is 11.6 Å². The normalized spacial score (nSPS) is 10.7. The number of hydrogen-bond donors (Lipinski definition) is 0. The molecule has 5 nitrogen and oxygen atoms in total. The lowest BCUT2D eigenvalue weighted by molar-refractivity contribution is 0.0723. The number of rotatable bonds is 5. The molecule has 25 heavy (non-hydrogen) atoms. The third-order valence-corrected chi connectivity index (χ3v) is 4.11. The molecule has 3 rings (SSSR count). The Morgan fingerprint density at radius 1 is 1.08 bits per heavy atom. The molecular formula is C18H14Cl2N2O3. The zero-order valence-corrected chi connectivity index (χ0v) is 14.8. The first-order valence-corrected chi connectivity index (χ1v) is 8.14. The van der Waals surface area contributed by atoms with Crippen molar-refractivity contribution in [2.45, 2.75) is 6.61 Å². The van der Waals surface area contributed by atoms with Crippen LogP contribution in [0.1, 0.15) is 16.1 Å². The van der Waals surface area contributed by atoms with Crippen molar-refractivity contribution < 1.29 is 14.3 Å². The van der Waals surface area contributed by atoms with Crippen LogP contribution in [0.25, 0.3) is 5.69 Å². The zero-order valence-electron chi connectivity index (χ0n) is 13.3. The van der Waals surface area contributed by atoms with Gasteiger partial charge in [-0.05, 0) is 30.3 Å². The van der Waals surface area contributed by atoms with E-state index >= 15 is 0 Å². The number of hydrogen-bond acceptors (Lipinski definition) is 4. The van der Waals surface area contributed by atoms with Gasteiger partial charge in [0.2, 0.25) is 5.88 Å². The third kappa shape index (κ3) is 4.02. The van der Waals surface area contributed by atoms with E-state index in [1.807, 2.05) is 6.07 Å². The van der Waals surface area contributed by atoms with E-state index in [-0.39, 0.29) is 12.5 Å². The van der Waals surface area contributed by atoms with Gasteiger partial charge in [-0.1, -0.05) is 41.4 Å². The molecule has 0 aliphatic heterocycles. The number of nitrogens with zero attached hydrogens (tertiary/aromatic N) is 2. The third-order valence-electron chi connectivity index (χ3n) is 3.37. The first kappa shape index (κ1) is 17.5. The van der Waals surface area contributed by atoms with Crippen LogP contribution in [-0.2, 0) is 11.3 Å². The minimum absolute atomic E-state index is 0.263. The Kier molecular flexibility index (Phi) is 5.38. The van der Waals surface area contributed by atoms with E-state index in [1.54, 1.807) is 55.6 Å². The topological polar surface area (TPSA) is 53.4 Å². The lowest BCUT2D eigenvalue weighted by atomic mass is 10.2. The number of esters is 1. The first-order chi connectivity index (χ1) is 12.1. The summed E-state index contributed by atoms with van der Waals surface area (Å²) >= 11 is 12.0. The van der Waals surface area contributed by atoms with Crippen molar-refractivity contribution in [1.29, 1.82) is 0 Å². The van der Waals surface area contributed by atoms with E-state index in [0.29, 0.717) is 27.0 Å². The lowest BCUT2D eigenvalue weighted by Gasteiger charge is -2.08. The van der Waals surface area contributed by atoms with Crippen LogP contribution in [0.15, 0.2) is 54.6 Å². The van der Waals surface area contributed by atoms with Gasteiger partial charge in [-0.3, -0.25) is 0 Å². The molecule has 0 amide bonds. The summed E-state index contributed by atoms with van der Waals surface area (Å²) in [6.45, 7) is 0.282. The molecule has 0 unspecified atom stereocenters. The van der Waals surface area contributed by atoms with Crippen LogP contribution in [0.5, 0.6) is 5.88 Å². The molecule has 0 bridgehead atoms. The Morgan fingerprint density at radius 2 is 1.84 bits per heavy atom. The summed E-state index contributed by atoms with van der Waals surface area (Å²) in [5.41, 5.74) is 1.68. The molecule has 0 saturated carbocycles. The predicted octanol–water partition coefficient (Wildman–Crippen LogP) is 4.54. The molecule has 2 aromatic carbocycles. The summed E-state index contributed by atoms with van der Waals surface area (Å²) in [6.07, 6.45) is 0. The van der Waals surface area contributed by atoms with Crippen LogP contribution >= 0.6 is 23.2 Å². The van der Waals surface area contributed by atoms with Gasteiger partial charge in [-0.15, -0.1) is 0 Å². The number of benzene rings is 2. The van der Waals surface area contributed by atoms with Gasteiger partial charge in [0.15, 0.2) is 0 Å². The molecule has 0 aliphatic rings. The van der Waals surface area contributed by atoms with Crippen LogP contribution < -0.4 is 4.74 Å². The van der Waals surface area contributed by atoms with Crippen molar-refractivity contribution >= 4 is 29.2 Å². The summed E-state index contributed by atoms with van der Waals surface area (Å²) < 4.78 is 12.1.